The second kappa shape index (κ2) is 9.28. The van der Waals surface area contributed by atoms with Gasteiger partial charge in [-0.25, -0.2) is 8.42 Å². The Morgan fingerprint density at radius 1 is 0.966 bits per heavy atom. The highest BCUT2D eigenvalue weighted by Crippen LogP contribution is 2.34. The normalized spacial score (nSPS) is 14.8. The van der Waals surface area contributed by atoms with Crippen molar-refractivity contribution in [3.05, 3.63) is 54.1 Å². The van der Waals surface area contributed by atoms with E-state index in [9.17, 15) is 26.7 Å². The molecular formula is C21H26F3NO3S. The first-order chi connectivity index (χ1) is 13.4. The third-order valence-corrected chi connectivity index (χ3v) is 5.69. The third-order valence-electron chi connectivity index (χ3n) is 4.57. The third kappa shape index (κ3) is 6.55. The molecule has 0 bridgehead atoms. The SMILES string of the molecule is CC(C)CC(CO)NC(c1ccc(-c2ccc(S(C)(=O)=O)cc2)cc1)C(F)(F)F. The van der Waals surface area contributed by atoms with Crippen LogP contribution in [0.5, 0.6) is 0 Å². The zero-order chi connectivity index (χ0) is 21.8. The second-order valence-corrected chi connectivity index (χ2v) is 9.58. The minimum absolute atomic E-state index is 0.0520. The van der Waals surface area contributed by atoms with Gasteiger partial charge >= 0.3 is 6.18 Å². The molecule has 2 aromatic carbocycles. The lowest BCUT2D eigenvalue weighted by atomic mass is 9.98. The van der Waals surface area contributed by atoms with E-state index in [0.717, 1.165) is 6.26 Å². The lowest BCUT2D eigenvalue weighted by Gasteiger charge is -2.28. The summed E-state index contributed by atoms with van der Waals surface area (Å²) >= 11 is 0. The quantitative estimate of drug-likeness (QED) is 0.655. The van der Waals surface area contributed by atoms with Crippen LogP contribution in [-0.2, 0) is 9.84 Å². The van der Waals surface area contributed by atoms with Gasteiger partial charge in [-0.1, -0.05) is 50.2 Å². The maximum absolute atomic E-state index is 13.6. The van der Waals surface area contributed by atoms with Gasteiger partial charge in [0.1, 0.15) is 6.04 Å². The molecule has 0 saturated carbocycles. The number of hydrogen-bond donors (Lipinski definition) is 2. The molecular weight excluding hydrogens is 403 g/mol. The molecule has 8 heteroatoms. The Kier molecular flexibility index (Phi) is 7.48. The molecule has 4 nitrogen and oxygen atoms in total. The van der Waals surface area contributed by atoms with Gasteiger partial charge < -0.3 is 5.11 Å². The Morgan fingerprint density at radius 3 is 1.83 bits per heavy atom. The first-order valence-electron chi connectivity index (χ1n) is 9.26. The molecule has 0 aromatic heterocycles. The molecule has 0 radical (unpaired) electrons. The standard InChI is InChI=1S/C21H26F3NO3S/c1-14(2)12-18(13-26)25-20(21(22,23)24)17-6-4-15(5-7-17)16-8-10-19(11-9-16)29(3,27)28/h4-11,14,18,20,25-26H,12-13H2,1-3H3. The monoisotopic (exact) mass is 429 g/mol. The van der Waals surface area contributed by atoms with Crippen LogP contribution in [0.15, 0.2) is 53.4 Å². The summed E-state index contributed by atoms with van der Waals surface area (Å²) in [4.78, 5) is 0.180. The van der Waals surface area contributed by atoms with Gasteiger partial charge in [-0.05, 0) is 41.2 Å². The van der Waals surface area contributed by atoms with E-state index in [0.29, 0.717) is 17.5 Å². The topological polar surface area (TPSA) is 66.4 Å². The summed E-state index contributed by atoms with van der Waals surface area (Å²) in [6, 6.07) is 9.56. The number of halogens is 3. The molecule has 0 amide bonds. The Balaban J connectivity index is 2.27. The summed E-state index contributed by atoms with van der Waals surface area (Å²) in [7, 11) is -3.31. The molecule has 0 aliphatic rings. The molecule has 2 atom stereocenters. The van der Waals surface area contributed by atoms with E-state index in [4.69, 9.17) is 0 Å². The molecule has 0 fully saturated rings. The number of sulfone groups is 1. The number of aliphatic hydroxyl groups is 1. The van der Waals surface area contributed by atoms with Crippen LogP contribution in [0.3, 0.4) is 0 Å². The summed E-state index contributed by atoms with van der Waals surface area (Å²) in [5.74, 6) is 0.144. The smallest absolute Gasteiger partial charge is 0.395 e. The molecule has 2 N–H and O–H groups in total. The largest absolute Gasteiger partial charge is 0.407 e. The van der Waals surface area contributed by atoms with Gasteiger partial charge in [-0.15, -0.1) is 0 Å². The van der Waals surface area contributed by atoms with E-state index >= 15 is 0 Å². The average Bonchev–Trinajstić information content (AvgIpc) is 2.63. The van der Waals surface area contributed by atoms with Crippen molar-refractivity contribution in [3.8, 4) is 11.1 Å². The molecule has 0 saturated heterocycles. The van der Waals surface area contributed by atoms with Crippen LogP contribution < -0.4 is 5.32 Å². The number of nitrogens with one attached hydrogen (secondary N) is 1. The van der Waals surface area contributed by atoms with Gasteiger partial charge in [0.05, 0.1) is 11.5 Å². The number of aliphatic hydroxyl groups excluding tert-OH is 1. The fraction of sp³-hybridized carbons (Fsp3) is 0.429. The zero-order valence-electron chi connectivity index (χ0n) is 16.6. The summed E-state index contributed by atoms with van der Waals surface area (Å²) in [5.41, 5.74) is 1.43. The van der Waals surface area contributed by atoms with Gasteiger partial charge in [-0.3, -0.25) is 5.32 Å². The van der Waals surface area contributed by atoms with Crippen molar-refractivity contribution in [3.63, 3.8) is 0 Å². The lowest BCUT2D eigenvalue weighted by Crippen LogP contribution is -2.43. The maximum atomic E-state index is 13.6. The van der Waals surface area contributed by atoms with Crippen molar-refractivity contribution in [2.45, 2.75) is 43.4 Å². The highest BCUT2D eigenvalue weighted by Gasteiger charge is 2.41. The number of hydrogen-bond acceptors (Lipinski definition) is 4. The molecule has 0 heterocycles. The predicted molar refractivity (Wildman–Crippen MR) is 107 cm³/mol. The number of benzene rings is 2. The van der Waals surface area contributed by atoms with Gasteiger partial charge in [0.25, 0.3) is 0 Å². The van der Waals surface area contributed by atoms with Crippen molar-refractivity contribution in [1.29, 1.82) is 0 Å². The Bertz CT molecular complexity index is 892. The minimum atomic E-state index is -4.51. The van der Waals surface area contributed by atoms with Crippen molar-refractivity contribution in [1.82, 2.24) is 5.32 Å². The van der Waals surface area contributed by atoms with Crippen LogP contribution in [0.1, 0.15) is 31.9 Å². The Hall–Kier alpha value is -1.90. The molecule has 160 valence electrons. The fourth-order valence-corrected chi connectivity index (χ4v) is 3.77. The van der Waals surface area contributed by atoms with Crippen molar-refractivity contribution < 1.29 is 26.7 Å². The Morgan fingerprint density at radius 2 is 1.45 bits per heavy atom. The lowest BCUT2D eigenvalue weighted by molar-refractivity contribution is -0.160. The van der Waals surface area contributed by atoms with Crippen LogP contribution in [0.2, 0.25) is 0 Å². The van der Waals surface area contributed by atoms with Crippen LogP contribution in [-0.4, -0.2) is 38.6 Å². The molecule has 29 heavy (non-hydrogen) atoms. The van der Waals surface area contributed by atoms with E-state index in [2.05, 4.69) is 5.32 Å². The second-order valence-electron chi connectivity index (χ2n) is 7.57. The van der Waals surface area contributed by atoms with E-state index in [1.54, 1.807) is 24.3 Å². The summed E-state index contributed by atoms with van der Waals surface area (Å²) in [6.45, 7) is 3.39. The summed E-state index contributed by atoms with van der Waals surface area (Å²) in [6.07, 6.45) is -2.98. The van der Waals surface area contributed by atoms with E-state index in [1.165, 1.54) is 24.3 Å². The molecule has 0 aliphatic carbocycles. The predicted octanol–water partition coefficient (Wildman–Crippen LogP) is 4.36. The van der Waals surface area contributed by atoms with Gasteiger partial charge in [-0.2, -0.15) is 13.2 Å². The molecule has 2 aromatic rings. The summed E-state index contributed by atoms with van der Waals surface area (Å²) < 4.78 is 63.9. The summed E-state index contributed by atoms with van der Waals surface area (Å²) in [5, 5.41) is 12.0. The van der Waals surface area contributed by atoms with E-state index < -0.39 is 28.1 Å². The maximum Gasteiger partial charge on any atom is 0.407 e. The van der Waals surface area contributed by atoms with Crippen LogP contribution in [0.4, 0.5) is 13.2 Å². The van der Waals surface area contributed by atoms with Crippen LogP contribution >= 0.6 is 0 Å². The van der Waals surface area contributed by atoms with Crippen molar-refractivity contribution in [2.24, 2.45) is 5.92 Å². The highest BCUT2D eigenvalue weighted by atomic mass is 32.2. The molecule has 0 aliphatic heterocycles. The first kappa shape index (κ1) is 23.4. The van der Waals surface area contributed by atoms with E-state index in [-0.39, 0.29) is 23.0 Å². The van der Waals surface area contributed by atoms with Gasteiger partial charge in [0.2, 0.25) is 0 Å². The van der Waals surface area contributed by atoms with Crippen LogP contribution in [0, 0.1) is 5.92 Å². The zero-order valence-corrected chi connectivity index (χ0v) is 17.4. The molecule has 0 spiro atoms. The van der Waals surface area contributed by atoms with Crippen LogP contribution in [0.25, 0.3) is 11.1 Å². The number of rotatable bonds is 8. The highest BCUT2D eigenvalue weighted by molar-refractivity contribution is 7.90. The van der Waals surface area contributed by atoms with Crippen molar-refractivity contribution in [2.75, 3.05) is 12.9 Å². The Labute approximate surface area is 169 Å². The first-order valence-corrected chi connectivity index (χ1v) is 11.1. The van der Waals surface area contributed by atoms with E-state index in [1.807, 2.05) is 13.8 Å². The number of alkyl halides is 3. The molecule has 2 rings (SSSR count). The molecule has 2 unspecified atom stereocenters. The average molecular weight is 430 g/mol. The minimum Gasteiger partial charge on any atom is -0.395 e. The fourth-order valence-electron chi connectivity index (χ4n) is 3.14. The van der Waals surface area contributed by atoms with Gasteiger partial charge in [0, 0.05) is 12.3 Å². The van der Waals surface area contributed by atoms with Crippen molar-refractivity contribution >= 4 is 9.84 Å². The van der Waals surface area contributed by atoms with Gasteiger partial charge in [0.15, 0.2) is 9.84 Å².